The van der Waals surface area contributed by atoms with Gasteiger partial charge in [-0.25, -0.2) is 4.39 Å². The smallest absolute Gasteiger partial charge is 0.125 e. The van der Waals surface area contributed by atoms with E-state index in [2.05, 4.69) is 5.32 Å². The number of hydrogen-bond donors (Lipinski definition) is 1. The molecule has 0 aliphatic heterocycles. The van der Waals surface area contributed by atoms with Gasteiger partial charge in [0.1, 0.15) is 5.82 Å². The number of rotatable bonds is 3. The van der Waals surface area contributed by atoms with Crippen LogP contribution in [-0.2, 0) is 0 Å². The second kappa shape index (κ2) is 5.40. The first-order chi connectivity index (χ1) is 8.56. The predicted octanol–water partition coefficient (Wildman–Crippen LogP) is 4.96. The van der Waals surface area contributed by atoms with Gasteiger partial charge in [0.15, 0.2) is 0 Å². The number of anilines is 1. The summed E-state index contributed by atoms with van der Waals surface area (Å²) in [5.74, 6) is -0.233. The number of hydrogen-bond acceptors (Lipinski definition) is 1. The SMILES string of the molecule is Cc1cc(F)cc(NC(C)c2ccccc2Cl)c1. The lowest BCUT2D eigenvalue weighted by atomic mass is 10.1. The summed E-state index contributed by atoms with van der Waals surface area (Å²) in [6.45, 7) is 3.87. The highest BCUT2D eigenvalue weighted by Crippen LogP contribution is 2.26. The minimum Gasteiger partial charge on any atom is -0.378 e. The Morgan fingerprint density at radius 3 is 2.56 bits per heavy atom. The zero-order valence-electron chi connectivity index (χ0n) is 10.4. The van der Waals surface area contributed by atoms with Gasteiger partial charge in [-0.05, 0) is 49.2 Å². The summed E-state index contributed by atoms with van der Waals surface area (Å²) < 4.78 is 13.3. The van der Waals surface area contributed by atoms with E-state index in [-0.39, 0.29) is 11.9 Å². The van der Waals surface area contributed by atoms with Crippen molar-refractivity contribution >= 4 is 17.3 Å². The highest BCUT2D eigenvalue weighted by molar-refractivity contribution is 6.31. The molecule has 0 radical (unpaired) electrons. The Labute approximate surface area is 112 Å². The minimum absolute atomic E-state index is 0.0277. The molecule has 0 aliphatic carbocycles. The van der Waals surface area contributed by atoms with Gasteiger partial charge >= 0.3 is 0 Å². The van der Waals surface area contributed by atoms with E-state index in [1.807, 2.05) is 44.2 Å². The minimum atomic E-state index is -0.233. The zero-order valence-corrected chi connectivity index (χ0v) is 11.1. The summed E-state index contributed by atoms with van der Waals surface area (Å²) in [6.07, 6.45) is 0. The van der Waals surface area contributed by atoms with Crippen molar-refractivity contribution in [3.05, 3.63) is 64.4 Å². The average molecular weight is 264 g/mol. The molecule has 1 N–H and O–H groups in total. The first kappa shape index (κ1) is 12.9. The van der Waals surface area contributed by atoms with Crippen LogP contribution in [0.3, 0.4) is 0 Å². The highest BCUT2D eigenvalue weighted by atomic mass is 35.5. The van der Waals surface area contributed by atoms with Gasteiger partial charge in [0.25, 0.3) is 0 Å². The quantitative estimate of drug-likeness (QED) is 0.825. The lowest BCUT2D eigenvalue weighted by Crippen LogP contribution is -2.07. The van der Waals surface area contributed by atoms with Gasteiger partial charge in [0, 0.05) is 16.8 Å². The molecule has 18 heavy (non-hydrogen) atoms. The van der Waals surface area contributed by atoms with E-state index in [0.717, 1.165) is 16.8 Å². The Balaban J connectivity index is 2.21. The third-order valence-electron chi connectivity index (χ3n) is 2.80. The molecule has 1 nitrogen and oxygen atoms in total. The van der Waals surface area contributed by atoms with Crippen molar-refractivity contribution in [2.45, 2.75) is 19.9 Å². The van der Waals surface area contributed by atoms with E-state index < -0.39 is 0 Å². The normalized spacial score (nSPS) is 12.2. The summed E-state index contributed by atoms with van der Waals surface area (Å²) in [4.78, 5) is 0. The fourth-order valence-electron chi connectivity index (χ4n) is 1.97. The first-order valence-electron chi connectivity index (χ1n) is 5.84. The molecule has 2 aromatic rings. The van der Waals surface area contributed by atoms with Gasteiger partial charge in [0.05, 0.1) is 0 Å². The van der Waals surface area contributed by atoms with Crippen molar-refractivity contribution in [2.24, 2.45) is 0 Å². The summed E-state index contributed by atoms with van der Waals surface area (Å²) in [5.41, 5.74) is 2.66. The second-order valence-corrected chi connectivity index (χ2v) is 4.81. The summed E-state index contributed by atoms with van der Waals surface area (Å²) in [7, 11) is 0. The molecule has 0 heterocycles. The molecule has 0 saturated carbocycles. The van der Waals surface area contributed by atoms with Crippen LogP contribution in [0.4, 0.5) is 10.1 Å². The van der Waals surface area contributed by atoms with E-state index in [0.29, 0.717) is 5.02 Å². The fourth-order valence-corrected chi connectivity index (χ4v) is 2.27. The van der Waals surface area contributed by atoms with Crippen LogP contribution in [0.5, 0.6) is 0 Å². The largest absolute Gasteiger partial charge is 0.378 e. The molecule has 0 bridgehead atoms. The zero-order chi connectivity index (χ0) is 13.1. The maximum atomic E-state index is 13.3. The van der Waals surface area contributed by atoms with E-state index in [9.17, 15) is 4.39 Å². The van der Waals surface area contributed by atoms with Gasteiger partial charge in [0.2, 0.25) is 0 Å². The number of halogens is 2. The van der Waals surface area contributed by atoms with Crippen LogP contribution in [0.25, 0.3) is 0 Å². The van der Waals surface area contributed by atoms with Gasteiger partial charge in [-0.1, -0.05) is 29.8 Å². The molecule has 94 valence electrons. The van der Waals surface area contributed by atoms with Crippen LogP contribution < -0.4 is 5.32 Å². The van der Waals surface area contributed by atoms with Crippen LogP contribution in [0, 0.1) is 12.7 Å². The Morgan fingerprint density at radius 2 is 1.89 bits per heavy atom. The number of nitrogens with one attached hydrogen (secondary N) is 1. The molecule has 0 aliphatic rings. The third kappa shape index (κ3) is 3.02. The maximum Gasteiger partial charge on any atom is 0.125 e. The highest BCUT2D eigenvalue weighted by Gasteiger charge is 2.09. The molecular weight excluding hydrogens is 249 g/mol. The van der Waals surface area contributed by atoms with E-state index in [4.69, 9.17) is 11.6 Å². The molecular formula is C15H15ClFN. The standard InChI is InChI=1S/C15H15ClFN/c1-10-7-12(17)9-13(8-10)18-11(2)14-5-3-4-6-15(14)16/h3-9,11,18H,1-2H3. The van der Waals surface area contributed by atoms with Crippen molar-refractivity contribution in [1.82, 2.24) is 0 Å². The molecule has 1 unspecified atom stereocenters. The Morgan fingerprint density at radius 1 is 1.17 bits per heavy atom. The van der Waals surface area contributed by atoms with Crippen LogP contribution >= 0.6 is 11.6 Å². The number of benzene rings is 2. The molecule has 0 amide bonds. The fraction of sp³-hybridized carbons (Fsp3) is 0.200. The Kier molecular flexibility index (Phi) is 3.87. The Hall–Kier alpha value is -1.54. The van der Waals surface area contributed by atoms with Crippen LogP contribution in [0.15, 0.2) is 42.5 Å². The Bertz CT molecular complexity index is 534. The van der Waals surface area contributed by atoms with Crippen molar-refractivity contribution in [2.75, 3.05) is 5.32 Å². The van der Waals surface area contributed by atoms with Crippen molar-refractivity contribution in [3.63, 3.8) is 0 Å². The average Bonchev–Trinajstić information content (AvgIpc) is 2.27. The van der Waals surface area contributed by atoms with Gasteiger partial charge in [-0.3, -0.25) is 0 Å². The van der Waals surface area contributed by atoms with E-state index in [1.54, 1.807) is 0 Å². The molecule has 2 rings (SSSR count). The van der Waals surface area contributed by atoms with Crippen LogP contribution in [-0.4, -0.2) is 0 Å². The van der Waals surface area contributed by atoms with Crippen molar-refractivity contribution < 1.29 is 4.39 Å². The van der Waals surface area contributed by atoms with Gasteiger partial charge in [-0.2, -0.15) is 0 Å². The van der Waals surface area contributed by atoms with E-state index in [1.165, 1.54) is 12.1 Å². The lowest BCUT2D eigenvalue weighted by molar-refractivity contribution is 0.626. The molecule has 0 spiro atoms. The molecule has 0 aromatic heterocycles. The van der Waals surface area contributed by atoms with Crippen LogP contribution in [0.2, 0.25) is 5.02 Å². The molecule has 1 atom stereocenters. The summed E-state index contributed by atoms with van der Waals surface area (Å²) in [5, 5.41) is 3.97. The third-order valence-corrected chi connectivity index (χ3v) is 3.14. The van der Waals surface area contributed by atoms with E-state index >= 15 is 0 Å². The van der Waals surface area contributed by atoms with Crippen LogP contribution in [0.1, 0.15) is 24.1 Å². The number of aryl methyl sites for hydroxylation is 1. The monoisotopic (exact) mass is 263 g/mol. The summed E-state index contributed by atoms with van der Waals surface area (Å²) in [6, 6.07) is 12.6. The topological polar surface area (TPSA) is 12.0 Å². The molecule has 0 fully saturated rings. The molecule has 0 saturated heterocycles. The lowest BCUT2D eigenvalue weighted by Gasteiger charge is -2.17. The molecule has 3 heteroatoms. The second-order valence-electron chi connectivity index (χ2n) is 4.40. The van der Waals surface area contributed by atoms with Gasteiger partial charge in [-0.15, -0.1) is 0 Å². The van der Waals surface area contributed by atoms with Crippen molar-refractivity contribution in [3.8, 4) is 0 Å². The van der Waals surface area contributed by atoms with Gasteiger partial charge < -0.3 is 5.32 Å². The predicted molar refractivity (Wildman–Crippen MR) is 74.6 cm³/mol. The first-order valence-corrected chi connectivity index (χ1v) is 6.22. The van der Waals surface area contributed by atoms with Crippen molar-refractivity contribution in [1.29, 1.82) is 0 Å². The summed E-state index contributed by atoms with van der Waals surface area (Å²) >= 11 is 6.13. The maximum absolute atomic E-state index is 13.3. The molecule has 2 aromatic carbocycles.